The minimum atomic E-state index is 0.172. The van der Waals surface area contributed by atoms with Gasteiger partial charge in [0.25, 0.3) is 0 Å². The molecule has 0 bridgehead atoms. The van der Waals surface area contributed by atoms with Gasteiger partial charge in [0.05, 0.1) is 17.1 Å². The summed E-state index contributed by atoms with van der Waals surface area (Å²) in [7, 11) is 0. The standard InChI is InChI=1S/C20H20N6/c1-14(10-17-13-21-8-9-22-17)23-20-12-18(16-6-4-3-5-7-16)24-19-11-15(2)25-26(19)20/h3-9,11-14,23H,10H2,1-2H3/t14-/m0/s1. The van der Waals surface area contributed by atoms with Crippen LogP contribution in [0.1, 0.15) is 18.3 Å². The number of aryl methyl sites for hydroxylation is 1. The molecule has 0 radical (unpaired) electrons. The van der Waals surface area contributed by atoms with Crippen LogP contribution >= 0.6 is 0 Å². The smallest absolute Gasteiger partial charge is 0.158 e. The van der Waals surface area contributed by atoms with Crippen LogP contribution in [0.5, 0.6) is 0 Å². The third-order valence-electron chi connectivity index (χ3n) is 4.15. The van der Waals surface area contributed by atoms with Crippen molar-refractivity contribution in [2.45, 2.75) is 26.3 Å². The van der Waals surface area contributed by atoms with E-state index in [1.54, 1.807) is 18.6 Å². The molecule has 0 spiro atoms. The van der Waals surface area contributed by atoms with E-state index < -0.39 is 0 Å². The Hall–Kier alpha value is -3.28. The van der Waals surface area contributed by atoms with Gasteiger partial charge in [-0.3, -0.25) is 9.97 Å². The summed E-state index contributed by atoms with van der Waals surface area (Å²) in [5.41, 5.74) is 4.73. The van der Waals surface area contributed by atoms with E-state index in [1.165, 1.54) is 0 Å². The third kappa shape index (κ3) is 3.39. The summed E-state index contributed by atoms with van der Waals surface area (Å²) in [6, 6.07) is 14.4. The number of nitrogens with zero attached hydrogens (tertiary/aromatic N) is 5. The first-order chi connectivity index (χ1) is 12.7. The highest BCUT2D eigenvalue weighted by Crippen LogP contribution is 2.23. The van der Waals surface area contributed by atoms with E-state index in [0.29, 0.717) is 0 Å². The normalized spacial score (nSPS) is 12.2. The minimum absolute atomic E-state index is 0.172. The van der Waals surface area contributed by atoms with Crippen LogP contribution in [0.25, 0.3) is 16.9 Å². The Morgan fingerprint density at radius 1 is 1.12 bits per heavy atom. The van der Waals surface area contributed by atoms with E-state index in [0.717, 1.165) is 40.5 Å². The van der Waals surface area contributed by atoms with E-state index >= 15 is 0 Å². The van der Waals surface area contributed by atoms with Gasteiger partial charge in [0.1, 0.15) is 5.82 Å². The van der Waals surface area contributed by atoms with Crippen molar-refractivity contribution in [3.63, 3.8) is 0 Å². The topological polar surface area (TPSA) is 68.0 Å². The molecule has 4 rings (SSSR count). The molecule has 1 aromatic carbocycles. The number of hydrogen-bond acceptors (Lipinski definition) is 5. The average Bonchev–Trinajstić information content (AvgIpc) is 3.04. The molecule has 0 aliphatic rings. The van der Waals surface area contributed by atoms with Crippen LogP contribution in [0.3, 0.4) is 0 Å². The van der Waals surface area contributed by atoms with Crippen molar-refractivity contribution in [1.29, 1.82) is 0 Å². The first-order valence-electron chi connectivity index (χ1n) is 8.63. The predicted octanol–water partition coefficient (Wildman–Crippen LogP) is 3.54. The molecule has 0 fully saturated rings. The van der Waals surface area contributed by atoms with Crippen LogP contribution in [-0.4, -0.2) is 30.6 Å². The van der Waals surface area contributed by atoms with Gasteiger partial charge in [0.15, 0.2) is 5.65 Å². The van der Waals surface area contributed by atoms with Gasteiger partial charge in [0, 0.05) is 48.7 Å². The molecule has 3 aromatic heterocycles. The maximum absolute atomic E-state index is 4.76. The number of aromatic nitrogens is 5. The van der Waals surface area contributed by atoms with E-state index in [-0.39, 0.29) is 6.04 Å². The molecule has 0 aliphatic heterocycles. The van der Waals surface area contributed by atoms with Crippen LogP contribution in [0.15, 0.2) is 61.1 Å². The highest BCUT2D eigenvalue weighted by atomic mass is 15.3. The zero-order valence-electron chi connectivity index (χ0n) is 14.8. The molecule has 6 heteroatoms. The summed E-state index contributed by atoms with van der Waals surface area (Å²) in [6.07, 6.45) is 5.98. The largest absolute Gasteiger partial charge is 0.367 e. The van der Waals surface area contributed by atoms with E-state index in [1.807, 2.05) is 41.8 Å². The quantitative estimate of drug-likeness (QED) is 0.600. The van der Waals surface area contributed by atoms with Crippen molar-refractivity contribution in [3.8, 4) is 11.3 Å². The van der Waals surface area contributed by atoms with Gasteiger partial charge >= 0.3 is 0 Å². The SMILES string of the molecule is Cc1cc2nc(-c3ccccc3)cc(N[C@@H](C)Cc3cnccn3)n2n1. The zero-order valence-corrected chi connectivity index (χ0v) is 14.8. The summed E-state index contributed by atoms with van der Waals surface area (Å²) in [4.78, 5) is 13.2. The monoisotopic (exact) mass is 344 g/mol. The van der Waals surface area contributed by atoms with Gasteiger partial charge < -0.3 is 5.32 Å². The number of rotatable bonds is 5. The number of fused-ring (bicyclic) bond motifs is 1. The van der Waals surface area contributed by atoms with Gasteiger partial charge in [-0.05, 0) is 13.8 Å². The Morgan fingerprint density at radius 2 is 1.96 bits per heavy atom. The van der Waals surface area contributed by atoms with Gasteiger partial charge in [-0.25, -0.2) is 4.98 Å². The average molecular weight is 344 g/mol. The van der Waals surface area contributed by atoms with Gasteiger partial charge in [0.2, 0.25) is 0 Å². The van der Waals surface area contributed by atoms with Crippen molar-refractivity contribution in [1.82, 2.24) is 24.6 Å². The molecule has 0 unspecified atom stereocenters. The van der Waals surface area contributed by atoms with E-state index in [2.05, 4.69) is 39.4 Å². The highest BCUT2D eigenvalue weighted by Gasteiger charge is 2.12. The lowest BCUT2D eigenvalue weighted by Gasteiger charge is -2.16. The molecular formula is C20H20N6. The maximum Gasteiger partial charge on any atom is 0.158 e. The molecule has 0 aliphatic carbocycles. The van der Waals surface area contributed by atoms with Crippen molar-refractivity contribution in [2.24, 2.45) is 0 Å². The second-order valence-corrected chi connectivity index (χ2v) is 6.39. The maximum atomic E-state index is 4.76. The summed E-state index contributed by atoms with van der Waals surface area (Å²) >= 11 is 0. The van der Waals surface area contributed by atoms with Crippen molar-refractivity contribution in [3.05, 3.63) is 72.4 Å². The molecule has 6 nitrogen and oxygen atoms in total. The lowest BCUT2D eigenvalue weighted by molar-refractivity contribution is 0.749. The Labute approximate surface area is 152 Å². The molecule has 1 N–H and O–H groups in total. The van der Waals surface area contributed by atoms with Crippen molar-refractivity contribution >= 4 is 11.5 Å². The lowest BCUT2D eigenvalue weighted by Crippen LogP contribution is -2.21. The second kappa shape index (κ2) is 6.92. The zero-order chi connectivity index (χ0) is 17.9. The third-order valence-corrected chi connectivity index (χ3v) is 4.15. The highest BCUT2D eigenvalue weighted by molar-refractivity contribution is 5.66. The Kier molecular flexibility index (Phi) is 4.31. The molecule has 0 saturated carbocycles. The van der Waals surface area contributed by atoms with Crippen LogP contribution in [0, 0.1) is 6.92 Å². The molecule has 4 aromatic rings. The number of anilines is 1. The molecular weight excluding hydrogens is 324 g/mol. The number of nitrogens with one attached hydrogen (secondary N) is 1. The van der Waals surface area contributed by atoms with Gasteiger partial charge in [-0.15, -0.1) is 0 Å². The number of benzene rings is 1. The second-order valence-electron chi connectivity index (χ2n) is 6.39. The fourth-order valence-electron chi connectivity index (χ4n) is 3.00. The van der Waals surface area contributed by atoms with Gasteiger partial charge in [-0.1, -0.05) is 30.3 Å². The van der Waals surface area contributed by atoms with Gasteiger partial charge in [-0.2, -0.15) is 9.61 Å². The van der Waals surface area contributed by atoms with Crippen LogP contribution < -0.4 is 5.32 Å². The lowest BCUT2D eigenvalue weighted by atomic mass is 10.1. The molecule has 1 atom stereocenters. The molecule has 130 valence electrons. The fraction of sp³-hybridized carbons (Fsp3) is 0.200. The summed E-state index contributed by atoms with van der Waals surface area (Å²) in [5, 5.41) is 8.12. The Bertz CT molecular complexity index is 1010. The Balaban J connectivity index is 1.68. The first kappa shape index (κ1) is 16.2. The van der Waals surface area contributed by atoms with Crippen LogP contribution in [-0.2, 0) is 6.42 Å². The van der Waals surface area contributed by atoms with Crippen LogP contribution in [0.2, 0.25) is 0 Å². The minimum Gasteiger partial charge on any atom is -0.367 e. The summed E-state index contributed by atoms with van der Waals surface area (Å²) in [5.74, 6) is 0.915. The van der Waals surface area contributed by atoms with Crippen molar-refractivity contribution in [2.75, 3.05) is 5.32 Å². The predicted molar refractivity (Wildman–Crippen MR) is 102 cm³/mol. The summed E-state index contributed by atoms with van der Waals surface area (Å²) < 4.78 is 1.86. The first-order valence-corrected chi connectivity index (χ1v) is 8.63. The Morgan fingerprint density at radius 3 is 2.73 bits per heavy atom. The van der Waals surface area contributed by atoms with E-state index in [9.17, 15) is 0 Å². The molecule has 0 saturated heterocycles. The van der Waals surface area contributed by atoms with Crippen LogP contribution in [0.4, 0.5) is 5.82 Å². The van der Waals surface area contributed by atoms with E-state index in [4.69, 9.17) is 4.98 Å². The van der Waals surface area contributed by atoms with Crippen molar-refractivity contribution < 1.29 is 0 Å². The molecule has 0 amide bonds. The fourth-order valence-corrected chi connectivity index (χ4v) is 3.00. The molecule has 26 heavy (non-hydrogen) atoms. The number of hydrogen-bond donors (Lipinski definition) is 1. The molecule has 3 heterocycles. The summed E-state index contributed by atoms with van der Waals surface area (Å²) in [6.45, 7) is 4.10.